The van der Waals surface area contributed by atoms with Crippen molar-refractivity contribution in [3.8, 4) is 0 Å². The summed E-state index contributed by atoms with van der Waals surface area (Å²) in [7, 11) is 0. The number of anilines is 1. The highest BCUT2D eigenvalue weighted by Gasteiger charge is 2.24. The number of benzene rings is 1. The van der Waals surface area contributed by atoms with Crippen molar-refractivity contribution in [2.75, 3.05) is 18.4 Å². The molecule has 0 saturated carbocycles. The molecule has 4 rings (SSSR count). The fourth-order valence-corrected chi connectivity index (χ4v) is 4.38. The van der Waals surface area contributed by atoms with Crippen molar-refractivity contribution in [3.05, 3.63) is 75.4 Å². The van der Waals surface area contributed by atoms with Gasteiger partial charge in [0, 0.05) is 29.2 Å². The lowest BCUT2D eigenvalue weighted by atomic mass is 10.0. The molecule has 7 heteroatoms. The van der Waals surface area contributed by atoms with Gasteiger partial charge < -0.3 is 20.0 Å². The number of nitrogens with zero attached hydrogens (tertiary/aromatic N) is 1. The minimum absolute atomic E-state index is 0.0327. The Morgan fingerprint density at radius 1 is 1.21 bits per heavy atom. The first-order chi connectivity index (χ1) is 14.1. The molecule has 0 aliphatic carbocycles. The Hall–Kier alpha value is -3.06. The van der Waals surface area contributed by atoms with Crippen molar-refractivity contribution in [1.29, 1.82) is 0 Å². The van der Waals surface area contributed by atoms with E-state index in [-0.39, 0.29) is 18.4 Å². The third kappa shape index (κ3) is 4.35. The van der Waals surface area contributed by atoms with E-state index in [1.165, 1.54) is 10.4 Å². The van der Waals surface area contributed by atoms with Crippen LogP contribution in [-0.4, -0.2) is 29.8 Å². The largest absolute Gasteiger partial charge is 0.467 e. The molecule has 0 spiro atoms. The first-order valence-corrected chi connectivity index (χ1v) is 10.5. The Bertz CT molecular complexity index is 1010. The first-order valence-electron chi connectivity index (χ1n) is 9.59. The summed E-state index contributed by atoms with van der Waals surface area (Å²) in [6, 6.07) is 11.3. The van der Waals surface area contributed by atoms with E-state index in [2.05, 4.69) is 22.1 Å². The lowest BCUT2D eigenvalue weighted by Crippen LogP contribution is -2.35. The smallest absolute Gasteiger partial charge is 0.254 e. The summed E-state index contributed by atoms with van der Waals surface area (Å²) in [6.45, 7) is 3.78. The molecule has 1 aromatic carbocycles. The van der Waals surface area contributed by atoms with E-state index in [1.807, 2.05) is 36.1 Å². The molecule has 0 bridgehead atoms. The summed E-state index contributed by atoms with van der Waals surface area (Å²) in [5.74, 6) is 0.598. The quantitative estimate of drug-likeness (QED) is 0.653. The summed E-state index contributed by atoms with van der Waals surface area (Å²) in [5, 5.41) is 8.03. The minimum atomic E-state index is -0.140. The van der Waals surface area contributed by atoms with Gasteiger partial charge >= 0.3 is 0 Å². The van der Waals surface area contributed by atoms with Crippen LogP contribution >= 0.6 is 11.3 Å². The second-order valence-corrected chi connectivity index (χ2v) is 8.03. The molecule has 0 unspecified atom stereocenters. The van der Waals surface area contributed by atoms with Crippen molar-refractivity contribution in [1.82, 2.24) is 10.2 Å². The summed E-state index contributed by atoms with van der Waals surface area (Å²) >= 11 is 1.76. The second kappa shape index (κ2) is 8.53. The number of rotatable bonds is 6. The van der Waals surface area contributed by atoms with E-state index < -0.39 is 0 Å². The predicted molar refractivity (Wildman–Crippen MR) is 113 cm³/mol. The van der Waals surface area contributed by atoms with Gasteiger partial charge in [-0.05, 0) is 60.2 Å². The van der Waals surface area contributed by atoms with E-state index in [9.17, 15) is 9.59 Å². The van der Waals surface area contributed by atoms with Gasteiger partial charge in [0.15, 0.2) is 0 Å². The molecule has 2 aromatic heterocycles. The maximum Gasteiger partial charge on any atom is 0.254 e. The van der Waals surface area contributed by atoms with Crippen LogP contribution < -0.4 is 10.6 Å². The highest BCUT2D eigenvalue weighted by atomic mass is 32.1. The third-order valence-electron chi connectivity index (χ3n) is 5.14. The summed E-state index contributed by atoms with van der Waals surface area (Å²) in [5.41, 5.74) is 3.56. The molecule has 1 aliphatic heterocycles. The van der Waals surface area contributed by atoms with E-state index in [4.69, 9.17) is 4.42 Å². The molecule has 0 atom stereocenters. The Morgan fingerprint density at radius 3 is 2.93 bits per heavy atom. The molecule has 2 N–H and O–H groups in total. The van der Waals surface area contributed by atoms with Crippen LogP contribution in [0.1, 0.15) is 32.1 Å². The van der Waals surface area contributed by atoms with Gasteiger partial charge in [0.05, 0.1) is 19.4 Å². The van der Waals surface area contributed by atoms with Crippen LogP contribution in [0.15, 0.2) is 52.5 Å². The number of hydrogen-bond donors (Lipinski definition) is 2. The van der Waals surface area contributed by atoms with Gasteiger partial charge in [0.2, 0.25) is 5.91 Å². The van der Waals surface area contributed by atoms with Crippen LogP contribution in [-0.2, 0) is 24.3 Å². The standard InChI is InChI=1S/C22H23N3O3S/c1-15-18(22(27)25-9-7-20-16(14-25)8-11-29-20)5-2-6-19(15)23-13-21(26)24-12-17-4-3-10-28-17/h2-6,8,10-11,23H,7,9,12-14H2,1H3,(H,24,26). The summed E-state index contributed by atoms with van der Waals surface area (Å²) in [6.07, 6.45) is 2.48. The predicted octanol–water partition coefficient (Wildman–Crippen LogP) is 3.58. The van der Waals surface area contributed by atoms with Crippen LogP contribution in [0, 0.1) is 6.92 Å². The number of hydrogen-bond acceptors (Lipinski definition) is 5. The molecule has 29 heavy (non-hydrogen) atoms. The van der Waals surface area contributed by atoms with E-state index in [0.29, 0.717) is 24.4 Å². The number of carbonyl (C=O) groups is 2. The zero-order valence-electron chi connectivity index (χ0n) is 16.2. The average Bonchev–Trinajstić information content (AvgIpc) is 3.42. The number of furan rings is 1. The normalized spacial score (nSPS) is 13.1. The fourth-order valence-electron chi connectivity index (χ4n) is 3.49. The summed E-state index contributed by atoms with van der Waals surface area (Å²) in [4.78, 5) is 28.5. The Labute approximate surface area is 173 Å². The molecule has 0 fully saturated rings. The van der Waals surface area contributed by atoms with Gasteiger partial charge in [0.1, 0.15) is 5.76 Å². The Balaban J connectivity index is 1.38. The van der Waals surface area contributed by atoms with E-state index in [0.717, 1.165) is 24.2 Å². The van der Waals surface area contributed by atoms with Crippen LogP contribution in [0.2, 0.25) is 0 Å². The van der Waals surface area contributed by atoms with E-state index >= 15 is 0 Å². The van der Waals surface area contributed by atoms with E-state index in [1.54, 1.807) is 23.7 Å². The Kier molecular flexibility index (Phi) is 5.67. The molecule has 6 nitrogen and oxygen atoms in total. The average molecular weight is 410 g/mol. The number of thiophene rings is 1. The maximum absolute atomic E-state index is 13.1. The highest BCUT2D eigenvalue weighted by Crippen LogP contribution is 2.27. The molecular weight excluding hydrogens is 386 g/mol. The molecule has 1 aliphatic rings. The van der Waals surface area contributed by atoms with Gasteiger partial charge in [-0.2, -0.15) is 0 Å². The van der Waals surface area contributed by atoms with Gasteiger partial charge in [0.25, 0.3) is 5.91 Å². The number of fused-ring (bicyclic) bond motifs is 1. The molecular formula is C22H23N3O3S. The number of carbonyl (C=O) groups excluding carboxylic acids is 2. The molecule has 3 heterocycles. The lowest BCUT2D eigenvalue weighted by Gasteiger charge is -2.28. The molecule has 150 valence electrons. The lowest BCUT2D eigenvalue weighted by molar-refractivity contribution is -0.119. The zero-order valence-corrected chi connectivity index (χ0v) is 17.1. The highest BCUT2D eigenvalue weighted by molar-refractivity contribution is 7.10. The van der Waals surface area contributed by atoms with Crippen molar-refractivity contribution in [2.24, 2.45) is 0 Å². The maximum atomic E-state index is 13.1. The van der Waals surface area contributed by atoms with Crippen molar-refractivity contribution in [3.63, 3.8) is 0 Å². The van der Waals surface area contributed by atoms with Crippen LogP contribution in [0.5, 0.6) is 0 Å². The number of amides is 2. The van der Waals surface area contributed by atoms with Gasteiger partial charge in [-0.15, -0.1) is 11.3 Å². The fraction of sp³-hybridized carbons (Fsp3) is 0.273. The van der Waals surface area contributed by atoms with Crippen molar-refractivity contribution in [2.45, 2.75) is 26.4 Å². The molecule has 0 radical (unpaired) electrons. The number of nitrogens with one attached hydrogen (secondary N) is 2. The topological polar surface area (TPSA) is 74.6 Å². The van der Waals surface area contributed by atoms with Gasteiger partial charge in [-0.1, -0.05) is 6.07 Å². The summed E-state index contributed by atoms with van der Waals surface area (Å²) < 4.78 is 5.21. The third-order valence-corrected chi connectivity index (χ3v) is 6.16. The zero-order chi connectivity index (χ0) is 20.2. The SMILES string of the molecule is Cc1c(NCC(=O)NCc2ccco2)cccc1C(=O)N1CCc2sccc2C1. The monoisotopic (exact) mass is 409 g/mol. The minimum Gasteiger partial charge on any atom is -0.467 e. The van der Waals surface area contributed by atoms with Crippen molar-refractivity contribution < 1.29 is 14.0 Å². The van der Waals surface area contributed by atoms with Crippen LogP contribution in [0.3, 0.4) is 0 Å². The van der Waals surface area contributed by atoms with Crippen LogP contribution in [0.25, 0.3) is 0 Å². The van der Waals surface area contributed by atoms with Crippen molar-refractivity contribution >= 4 is 28.8 Å². The molecule has 0 saturated heterocycles. The molecule has 2 amide bonds. The first kappa shape index (κ1) is 19.3. The Morgan fingerprint density at radius 2 is 2.10 bits per heavy atom. The second-order valence-electron chi connectivity index (χ2n) is 7.03. The van der Waals surface area contributed by atoms with Gasteiger partial charge in [-0.25, -0.2) is 0 Å². The molecule has 3 aromatic rings. The van der Waals surface area contributed by atoms with Gasteiger partial charge in [-0.3, -0.25) is 9.59 Å². The van der Waals surface area contributed by atoms with Crippen LogP contribution in [0.4, 0.5) is 5.69 Å².